The highest BCUT2D eigenvalue weighted by Gasteiger charge is 2.16. The lowest BCUT2D eigenvalue weighted by molar-refractivity contribution is -0.119. The van der Waals surface area contributed by atoms with Crippen LogP contribution in [0.2, 0.25) is 0 Å². The third-order valence-corrected chi connectivity index (χ3v) is 6.07. The number of thiazole rings is 1. The summed E-state index contributed by atoms with van der Waals surface area (Å²) in [7, 11) is 3.16. The Morgan fingerprint density at radius 2 is 1.91 bits per heavy atom. The molecular weight excluding hydrogens is 442 g/mol. The Morgan fingerprint density at radius 3 is 2.67 bits per heavy atom. The van der Waals surface area contributed by atoms with Gasteiger partial charge in [0, 0.05) is 27.5 Å². The molecule has 0 spiro atoms. The zero-order valence-corrected chi connectivity index (χ0v) is 19.5. The molecule has 0 fully saturated rings. The van der Waals surface area contributed by atoms with Gasteiger partial charge in [0.05, 0.1) is 25.5 Å². The molecule has 4 aromatic rings. The molecule has 4 rings (SSSR count). The summed E-state index contributed by atoms with van der Waals surface area (Å²) >= 11 is 1.26. The quantitative estimate of drug-likeness (QED) is 0.383. The van der Waals surface area contributed by atoms with Gasteiger partial charge in [-0.1, -0.05) is 0 Å². The number of carbonyl (C=O) groups is 2. The fraction of sp³-hybridized carbons (Fsp3) is 0.208. The molecule has 8 nitrogen and oxygen atoms in total. The first kappa shape index (κ1) is 22.3. The fourth-order valence-corrected chi connectivity index (χ4v) is 4.15. The van der Waals surface area contributed by atoms with Crippen LogP contribution in [0.3, 0.4) is 0 Å². The normalized spacial score (nSPS) is 10.8. The van der Waals surface area contributed by atoms with Gasteiger partial charge in [-0.15, -0.1) is 11.3 Å². The molecule has 0 aliphatic rings. The molecule has 0 aliphatic carbocycles. The number of nitrogens with zero attached hydrogens (tertiary/aromatic N) is 1. The summed E-state index contributed by atoms with van der Waals surface area (Å²) in [4.78, 5) is 32.5. The van der Waals surface area contributed by atoms with Crippen LogP contribution in [-0.4, -0.2) is 42.7 Å². The van der Waals surface area contributed by atoms with E-state index in [2.05, 4.69) is 15.3 Å². The zero-order chi connectivity index (χ0) is 23.5. The van der Waals surface area contributed by atoms with Crippen LogP contribution in [0.15, 0.2) is 41.8 Å². The summed E-state index contributed by atoms with van der Waals surface area (Å²) in [6, 6.07) is 10.7. The maximum absolute atomic E-state index is 12.4. The average Bonchev–Trinajstić information content (AvgIpc) is 3.40. The minimum atomic E-state index is -0.564. The SMILES string of the molecule is COc1ccc(OC)c(-c2csc(NC(=O)COC(=O)c3ccc4[nH]c(C)c(C)c4c3)n2)c1. The number of benzene rings is 2. The van der Waals surface area contributed by atoms with Crippen molar-refractivity contribution >= 4 is 39.2 Å². The highest BCUT2D eigenvalue weighted by atomic mass is 32.1. The van der Waals surface area contributed by atoms with E-state index in [1.54, 1.807) is 43.9 Å². The number of methoxy groups -OCH3 is 2. The number of amides is 1. The molecule has 2 aromatic carbocycles. The molecule has 0 bridgehead atoms. The second-order valence-electron chi connectivity index (χ2n) is 7.36. The highest BCUT2D eigenvalue weighted by molar-refractivity contribution is 7.14. The number of anilines is 1. The van der Waals surface area contributed by atoms with Crippen LogP contribution in [0.25, 0.3) is 22.2 Å². The Morgan fingerprint density at radius 1 is 1.09 bits per heavy atom. The maximum atomic E-state index is 12.4. The molecule has 0 aliphatic heterocycles. The second-order valence-corrected chi connectivity index (χ2v) is 8.22. The topological polar surface area (TPSA) is 103 Å². The number of nitrogens with one attached hydrogen (secondary N) is 2. The standard InChI is InChI=1S/C24H23N3O5S/c1-13-14(2)25-19-7-5-15(9-17(13)19)23(29)32-11-22(28)27-24-26-20(12-33-24)18-10-16(30-3)6-8-21(18)31-4/h5-10,12,25H,11H2,1-4H3,(H,26,27,28). The molecule has 1 amide bonds. The van der Waals surface area contributed by atoms with E-state index in [0.29, 0.717) is 27.9 Å². The van der Waals surface area contributed by atoms with Crippen molar-refractivity contribution in [2.45, 2.75) is 13.8 Å². The summed E-state index contributed by atoms with van der Waals surface area (Å²) in [6.07, 6.45) is 0. The second kappa shape index (κ2) is 9.33. The number of carbonyl (C=O) groups excluding carboxylic acids is 2. The van der Waals surface area contributed by atoms with Crippen molar-refractivity contribution in [1.29, 1.82) is 0 Å². The van der Waals surface area contributed by atoms with Crippen molar-refractivity contribution in [3.63, 3.8) is 0 Å². The Labute approximate surface area is 194 Å². The van der Waals surface area contributed by atoms with E-state index in [1.807, 2.05) is 26.0 Å². The number of aromatic nitrogens is 2. The van der Waals surface area contributed by atoms with Crippen LogP contribution in [0.5, 0.6) is 11.5 Å². The third kappa shape index (κ3) is 4.68. The minimum absolute atomic E-state index is 0.385. The van der Waals surface area contributed by atoms with Gasteiger partial charge in [-0.25, -0.2) is 9.78 Å². The highest BCUT2D eigenvalue weighted by Crippen LogP contribution is 2.35. The van der Waals surface area contributed by atoms with E-state index in [4.69, 9.17) is 14.2 Å². The number of hydrogen-bond acceptors (Lipinski definition) is 7. The van der Waals surface area contributed by atoms with Crippen molar-refractivity contribution in [3.8, 4) is 22.8 Å². The van der Waals surface area contributed by atoms with Crippen LogP contribution in [0, 0.1) is 13.8 Å². The number of ether oxygens (including phenoxy) is 3. The first-order chi connectivity index (χ1) is 15.9. The van der Waals surface area contributed by atoms with Gasteiger partial charge in [0.1, 0.15) is 11.5 Å². The first-order valence-corrected chi connectivity index (χ1v) is 11.0. The molecule has 0 saturated carbocycles. The monoisotopic (exact) mass is 465 g/mol. The number of aryl methyl sites for hydroxylation is 2. The Bertz CT molecular complexity index is 1340. The predicted octanol–water partition coefficient (Wildman–Crippen LogP) is 4.72. The first-order valence-electron chi connectivity index (χ1n) is 10.1. The van der Waals surface area contributed by atoms with Gasteiger partial charge < -0.3 is 19.2 Å². The molecule has 9 heteroatoms. The van der Waals surface area contributed by atoms with Gasteiger partial charge >= 0.3 is 5.97 Å². The van der Waals surface area contributed by atoms with Crippen LogP contribution in [0.1, 0.15) is 21.6 Å². The predicted molar refractivity (Wildman–Crippen MR) is 127 cm³/mol. The average molecular weight is 466 g/mol. The summed E-state index contributed by atoms with van der Waals surface area (Å²) in [5.41, 5.74) is 4.83. The summed E-state index contributed by atoms with van der Waals surface area (Å²) < 4.78 is 15.9. The molecule has 2 aromatic heterocycles. The lowest BCUT2D eigenvalue weighted by atomic mass is 10.1. The number of esters is 1. The number of hydrogen-bond donors (Lipinski definition) is 2. The summed E-state index contributed by atoms with van der Waals surface area (Å²) in [5.74, 6) is 0.264. The van der Waals surface area contributed by atoms with Crippen molar-refractivity contribution in [2.24, 2.45) is 0 Å². The van der Waals surface area contributed by atoms with Gasteiger partial charge in [-0.2, -0.15) is 0 Å². The van der Waals surface area contributed by atoms with Crippen molar-refractivity contribution < 1.29 is 23.8 Å². The molecule has 33 heavy (non-hydrogen) atoms. The molecule has 2 N–H and O–H groups in total. The molecule has 2 heterocycles. The van der Waals surface area contributed by atoms with E-state index in [1.165, 1.54) is 11.3 Å². The Kier molecular flexibility index (Phi) is 6.32. The number of aromatic amines is 1. The Balaban J connectivity index is 1.40. The Hall–Kier alpha value is -3.85. The summed E-state index contributed by atoms with van der Waals surface area (Å²) in [5, 5.41) is 5.80. The van der Waals surface area contributed by atoms with E-state index >= 15 is 0 Å². The largest absolute Gasteiger partial charge is 0.497 e. The molecule has 0 atom stereocenters. The van der Waals surface area contributed by atoms with E-state index in [0.717, 1.165) is 27.7 Å². The summed E-state index contributed by atoms with van der Waals surface area (Å²) in [6.45, 7) is 3.55. The molecular formula is C24H23N3O5S. The van der Waals surface area contributed by atoms with E-state index in [9.17, 15) is 9.59 Å². The van der Waals surface area contributed by atoms with Crippen molar-refractivity contribution in [1.82, 2.24) is 9.97 Å². The van der Waals surface area contributed by atoms with Crippen molar-refractivity contribution in [2.75, 3.05) is 26.1 Å². The maximum Gasteiger partial charge on any atom is 0.338 e. The lowest BCUT2D eigenvalue weighted by Gasteiger charge is -2.08. The zero-order valence-electron chi connectivity index (χ0n) is 18.6. The third-order valence-electron chi connectivity index (χ3n) is 5.31. The van der Waals surface area contributed by atoms with E-state index < -0.39 is 18.5 Å². The van der Waals surface area contributed by atoms with Crippen molar-refractivity contribution in [3.05, 3.63) is 58.6 Å². The van der Waals surface area contributed by atoms with Gasteiger partial charge in [0.2, 0.25) is 0 Å². The fourth-order valence-electron chi connectivity index (χ4n) is 3.43. The van der Waals surface area contributed by atoms with Crippen LogP contribution >= 0.6 is 11.3 Å². The number of fused-ring (bicyclic) bond motifs is 1. The van der Waals surface area contributed by atoms with Crippen LogP contribution < -0.4 is 14.8 Å². The van der Waals surface area contributed by atoms with Gasteiger partial charge in [0.25, 0.3) is 5.91 Å². The van der Waals surface area contributed by atoms with E-state index in [-0.39, 0.29) is 0 Å². The number of rotatable bonds is 7. The van der Waals surface area contributed by atoms with Gasteiger partial charge in [-0.05, 0) is 55.8 Å². The van der Waals surface area contributed by atoms with Crippen LogP contribution in [-0.2, 0) is 9.53 Å². The smallest absolute Gasteiger partial charge is 0.338 e. The number of H-pyrrole nitrogens is 1. The lowest BCUT2D eigenvalue weighted by Crippen LogP contribution is -2.20. The van der Waals surface area contributed by atoms with Gasteiger partial charge in [-0.3, -0.25) is 10.1 Å². The van der Waals surface area contributed by atoms with Gasteiger partial charge in [0.15, 0.2) is 11.7 Å². The van der Waals surface area contributed by atoms with Crippen LogP contribution in [0.4, 0.5) is 5.13 Å². The molecule has 170 valence electrons. The molecule has 0 unspecified atom stereocenters. The molecule has 0 saturated heterocycles. The molecule has 0 radical (unpaired) electrons. The minimum Gasteiger partial charge on any atom is -0.497 e.